The normalized spacial score (nSPS) is 14.6. The van der Waals surface area contributed by atoms with Gasteiger partial charge in [-0.3, -0.25) is 0 Å². The fourth-order valence-corrected chi connectivity index (χ4v) is 2.32. The molecule has 1 aromatic heterocycles. The predicted molar refractivity (Wildman–Crippen MR) is 64.3 cm³/mol. The minimum Gasteiger partial charge on any atom is -0.334 e. The highest BCUT2D eigenvalue weighted by atomic mass is 16.5. The maximum atomic E-state index is 5.47. The molecule has 0 saturated carbocycles. The van der Waals surface area contributed by atoms with Crippen molar-refractivity contribution >= 4 is 0 Å². The maximum Gasteiger partial charge on any atom is 0.257 e. The molecule has 0 spiro atoms. The Kier molecular flexibility index (Phi) is 2.65. The SMILES string of the molecule is NCc1noc(-c2ccc3c(c2)CCCC3)n1. The lowest BCUT2D eigenvalue weighted by atomic mass is 9.90. The van der Waals surface area contributed by atoms with Gasteiger partial charge in [0.2, 0.25) is 0 Å². The number of aryl methyl sites for hydroxylation is 2. The van der Waals surface area contributed by atoms with Crippen LogP contribution in [0.15, 0.2) is 22.7 Å². The topological polar surface area (TPSA) is 64.9 Å². The minimum absolute atomic E-state index is 0.314. The lowest BCUT2D eigenvalue weighted by Crippen LogP contribution is -2.02. The number of fused-ring (bicyclic) bond motifs is 1. The van der Waals surface area contributed by atoms with Crippen molar-refractivity contribution in [2.75, 3.05) is 0 Å². The van der Waals surface area contributed by atoms with Crippen molar-refractivity contribution in [1.82, 2.24) is 10.1 Å². The van der Waals surface area contributed by atoms with Gasteiger partial charge in [0.05, 0.1) is 6.54 Å². The van der Waals surface area contributed by atoms with Gasteiger partial charge in [-0.05, 0) is 48.9 Å². The number of hydrogen-bond acceptors (Lipinski definition) is 4. The summed E-state index contributed by atoms with van der Waals surface area (Å²) < 4.78 is 5.19. The molecule has 1 aliphatic carbocycles. The van der Waals surface area contributed by atoms with Gasteiger partial charge in [0.1, 0.15) is 0 Å². The molecular weight excluding hydrogens is 214 g/mol. The maximum absolute atomic E-state index is 5.47. The summed E-state index contributed by atoms with van der Waals surface area (Å²) >= 11 is 0. The van der Waals surface area contributed by atoms with Crippen LogP contribution in [0.3, 0.4) is 0 Å². The highest BCUT2D eigenvalue weighted by Gasteiger charge is 2.13. The van der Waals surface area contributed by atoms with Gasteiger partial charge in [-0.1, -0.05) is 11.2 Å². The first-order chi connectivity index (χ1) is 8.36. The zero-order valence-corrected chi connectivity index (χ0v) is 9.65. The van der Waals surface area contributed by atoms with Gasteiger partial charge < -0.3 is 10.3 Å². The van der Waals surface area contributed by atoms with Crippen LogP contribution >= 0.6 is 0 Å². The van der Waals surface area contributed by atoms with E-state index in [4.69, 9.17) is 10.3 Å². The van der Waals surface area contributed by atoms with E-state index < -0.39 is 0 Å². The van der Waals surface area contributed by atoms with Gasteiger partial charge in [0, 0.05) is 5.56 Å². The van der Waals surface area contributed by atoms with Crippen LogP contribution in [-0.2, 0) is 19.4 Å². The summed E-state index contributed by atoms with van der Waals surface area (Å²) in [5.74, 6) is 1.12. The smallest absolute Gasteiger partial charge is 0.257 e. The monoisotopic (exact) mass is 229 g/mol. The molecule has 0 bridgehead atoms. The first-order valence-electron chi connectivity index (χ1n) is 6.01. The van der Waals surface area contributed by atoms with E-state index in [1.807, 2.05) is 0 Å². The molecule has 88 valence electrons. The lowest BCUT2D eigenvalue weighted by molar-refractivity contribution is 0.422. The van der Waals surface area contributed by atoms with E-state index in [1.54, 1.807) is 0 Å². The fourth-order valence-electron chi connectivity index (χ4n) is 2.32. The van der Waals surface area contributed by atoms with E-state index in [2.05, 4.69) is 28.3 Å². The lowest BCUT2D eigenvalue weighted by Gasteiger charge is -2.15. The van der Waals surface area contributed by atoms with Crippen LogP contribution < -0.4 is 5.73 Å². The molecule has 1 aliphatic rings. The molecule has 4 nitrogen and oxygen atoms in total. The van der Waals surface area contributed by atoms with E-state index >= 15 is 0 Å². The Morgan fingerprint density at radius 1 is 1.18 bits per heavy atom. The third-order valence-electron chi connectivity index (χ3n) is 3.25. The van der Waals surface area contributed by atoms with Crippen LogP contribution in [0.2, 0.25) is 0 Å². The zero-order chi connectivity index (χ0) is 11.7. The van der Waals surface area contributed by atoms with Crippen molar-refractivity contribution in [2.24, 2.45) is 5.73 Å². The second-order valence-electron chi connectivity index (χ2n) is 4.41. The third-order valence-corrected chi connectivity index (χ3v) is 3.25. The van der Waals surface area contributed by atoms with Crippen molar-refractivity contribution in [2.45, 2.75) is 32.2 Å². The molecule has 0 unspecified atom stereocenters. The highest BCUT2D eigenvalue weighted by Crippen LogP contribution is 2.26. The quantitative estimate of drug-likeness (QED) is 0.856. The predicted octanol–water partition coefficient (Wildman–Crippen LogP) is 2.07. The van der Waals surface area contributed by atoms with Crippen molar-refractivity contribution in [1.29, 1.82) is 0 Å². The molecule has 0 aliphatic heterocycles. The molecule has 0 amide bonds. The highest BCUT2D eigenvalue weighted by molar-refractivity contribution is 5.56. The van der Waals surface area contributed by atoms with E-state index in [0.717, 1.165) is 12.0 Å². The number of nitrogens with zero attached hydrogens (tertiary/aromatic N) is 2. The molecule has 2 aromatic rings. The third kappa shape index (κ3) is 1.96. The first kappa shape index (κ1) is 10.5. The molecule has 0 fully saturated rings. The number of rotatable bonds is 2. The molecule has 3 rings (SSSR count). The van der Waals surface area contributed by atoms with E-state index in [-0.39, 0.29) is 0 Å². The molecule has 0 saturated heterocycles. The van der Waals surface area contributed by atoms with Crippen LogP contribution in [0, 0.1) is 0 Å². The van der Waals surface area contributed by atoms with Crippen LogP contribution in [0.4, 0.5) is 0 Å². The van der Waals surface area contributed by atoms with Crippen LogP contribution in [0.25, 0.3) is 11.5 Å². The summed E-state index contributed by atoms with van der Waals surface area (Å²) in [4.78, 5) is 4.25. The summed E-state index contributed by atoms with van der Waals surface area (Å²) in [6.45, 7) is 0.314. The van der Waals surface area contributed by atoms with Crippen LogP contribution in [0.1, 0.15) is 29.8 Å². The number of nitrogens with two attached hydrogens (primary N) is 1. The average molecular weight is 229 g/mol. The molecule has 0 atom stereocenters. The second-order valence-corrected chi connectivity index (χ2v) is 4.41. The average Bonchev–Trinajstić information content (AvgIpc) is 2.87. The fraction of sp³-hybridized carbons (Fsp3) is 0.385. The largest absolute Gasteiger partial charge is 0.334 e. The molecule has 1 aromatic carbocycles. The summed E-state index contributed by atoms with van der Waals surface area (Å²) in [5, 5.41) is 3.81. The van der Waals surface area contributed by atoms with Gasteiger partial charge in [0.25, 0.3) is 5.89 Å². The molecule has 4 heteroatoms. The first-order valence-corrected chi connectivity index (χ1v) is 6.01. The Bertz CT molecular complexity index is 533. The van der Waals surface area contributed by atoms with Gasteiger partial charge >= 0.3 is 0 Å². The summed E-state index contributed by atoms with van der Waals surface area (Å²) in [7, 11) is 0. The minimum atomic E-state index is 0.314. The van der Waals surface area contributed by atoms with Crippen LogP contribution in [0.5, 0.6) is 0 Å². The number of aromatic nitrogens is 2. The van der Waals surface area contributed by atoms with E-state index in [9.17, 15) is 0 Å². The molecule has 1 heterocycles. The number of benzene rings is 1. The standard InChI is InChI=1S/C13H15N3O/c14-8-12-15-13(17-16-12)11-6-5-9-3-1-2-4-10(9)7-11/h5-7H,1-4,8,14H2. The Morgan fingerprint density at radius 2 is 2.00 bits per heavy atom. The molecular formula is C13H15N3O. The Morgan fingerprint density at radius 3 is 2.76 bits per heavy atom. The molecule has 17 heavy (non-hydrogen) atoms. The van der Waals surface area contributed by atoms with Crippen molar-refractivity contribution in [3.63, 3.8) is 0 Å². The van der Waals surface area contributed by atoms with Crippen LogP contribution in [-0.4, -0.2) is 10.1 Å². The molecule has 2 N–H and O–H groups in total. The van der Waals surface area contributed by atoms with E-state index in [1.165, 1.54) is 30.4 Å². The Hall–Kier alpha value is -1.68. The Labute approximate surface area is 99.8 Å². The summed E-state index contributed by atoms with van der Waals surface area (Å²) in [6.07, 6.45) is 4.91. The Balaban J connectivity index is 1.97. The van der Waals surface area contributed by atoms with Crippen molar-refractivity contribution in [3.05, 3.63) is 35.2 Å². The van der Waals surface area contributed by atoms with E-state index in [0.29, 0.717) is 18.3 Å². The molecule has 0 radical (unpaired) electrons. The van der Waals surface area contributed by atoms with Gasteiger partial charge in [-0.15, -0.1) is 0 Å². The summed E-state index contributed by atoms with van der Waals surface area (Å²) in [6, 6.07) is 6.40. The van der Waals surface area contributed by atoms with Gasteiger partial charge in [-0.2, -0.15) is 4.98 Å². The number of hydrogen-bond donors (Lipinski definition) is 1. The zero-order valence-electron chi connectivity index (χ0n) is 9.65. The van der Waals surface area contributed by atoms with Crippen molar-refractivity contribution < 1.29 is 4.52 Å². The second kappa shape index (κ2) is 4.30. The summed E-state index contributed by atoms with van der Waals surface area (Å²) in [5.41, 5.74) is 9.34. The van der Waals surface area contributed by atoms with Gasteiger partial charge in [0.15, 0.2) is 5.82 Å². The van der Waals surface area contributed by atoms with Gasteiger partial charge in [-0.25, -0.2) is 0 Å². The van der Waals surface area contributed by atoms with Crippen molar-refractivity contribution in [3.8, 4) is 11.5 Å².